The molecule has 0 aromatic heterocycles. The van der Waals surface area contributed by atoms with Crippen LogP contribution in [-0.4, -0.2) is 55.5 Å². The Hall–Kier alpha value is -1.26. The van der Waals surface area contributed by atoms with Crippen molar-refractivity contribution < 1.29 is 4.79 Å². The van der Waals surface area contributed by atoms with E-state index in [-0.39, 0.29) is 12.5 Å². The van der Waals surface area contributed by atoms with E-state index in [1.807, 2.05) is 7.05 Å². The maximum atomic E-state index is 11.5. The second-order valence-corrected chi connectivity index (χ2v) is 3.43. The zero-order chi connectivity index (χ0) is 10.4. The second kappa shape index (κ2) is 5.47. The Kier molecular flexibility index (Phi) is 4.22. The van der Waals surface area contributed by atoms with E-state index >= 15 is 0 Å². The highest BCUT2D eigenvalue weighted by Crippen LogP contribution is 2.01. The number of carbonyl (C=O) groups is 1. The van der Waals surface area contributed by atoms with Gasteiger partial charge >= 0.3 is 0 Å². The van der Waals surface area contributed by atoms with Gasteiger partial charge in [-0.3, -0.25) is 4.79 Å². The SMILES string of the molecule is CN1CCCN(C(=O)CN=[N+]=[N-])CC1. The lowest BCUT2D eigenvalue weighted by atomic mass is 10.4. The predicted octanol–water partition coefficient (Wildman–Crippen LogP) is 0.461. The number of rotatable bonds is 2. The molecule has 14 heavy (non-hydrogen) atoms. The minimum Gasteiger partial charge on any atom is -0.341 e. The van der Waals surface area contributed by atoms with E-state index in [2.05, 4.69) is 14.9 Å². The van der Waals surface area contributed by atoms with E-state index in [0.29, 0.717) is 0 Å². The van der Waals surface area contributed by atoms with Gasteiger partial charge in [-0.1, -0.05) is 5.11 Å². The largest absolute Gasteiger partial charge is 0.341 e. The second-order valence-electron chi connectivity index (χ2n) is 3.43. The summed E-state index contributed by atoms with van der Waals surface area (Å²) in [5, 5.41) is 3.27. The Balaban J connectivity index is 2.42. The van der Waals surface area contributed by atoms with Crippen molar-refractivity contribution in [2.45, 2.75) is 6.42 Å². The minimum absolute atomic E-state index is 0.0553. The van der Waals surface area contributed by atoms with E-state index in [4.69, 9.17) is 5.53 Å². The van der Waals surface area contributed by atoms with Gasteiger partial charge in [-0.05, 0) is 25.5 Å². The average Bonchev–Trinajstić information content (AvgIpc) is 2.39. The maximum absolute atomic E-state index is 11.5. The first kappa shape index (κ1) is 10.8. The monoisotopic (exact) mass is 197 g/mol. The number of azide groups is 1. The smallest absolute Gasteiger partial charge is 0.228 e. The summed E-state index contributed by atoms with van der Waals surface area (Å²) in [4.78, 5) is 18.0. The number of amides is 1. The van der Waals surface area contributed by atoms with Crippen LogP contribution in [0.2, 0.25) is 0 Å². The molecular formula is C8H15N5O. The lowest BCUT2D eigenvalue weighted by Gasteiger charge is -2.19. The molecule has 0 radical (unpaired) electrons. The summed E-state index contributed by atoms with van der Waals surface area (Å²) in [6.07, 6.45) is 0.985. The predicted molar refractivity (Wildman–Crippen MR) is 52.7 cm³/mol. The topological polar surface area (TPSA) is 72.3 Å². The van der Waals surface area contributed by atoms with Gasteiger partial charge in [0.05, 0.1) is 0 Å². The van der Waals surface area contributed by atoms with Crippen LogP contribution in [0.4, 0.5) is 0 Å². The van der Waals surface area contributed by atoms with Gasteiger partial charge < -0.3 is 9.80 Å². The van der Waals surface area contributed by atoms with Crippen molar-refractivity contribution in [3.63, 3.8) is 0 Å². The molecule has 6 heteroatoms. The van der Waals surface area contributed by atoms with Crippen molar-refractivity contribution in [1.82, 2.24) is 9.80 Å². The van der Waals surface area contributed by atoms with E-state index in [0.717, 1.165) is 32.6 Å². The summed E-state index contributed by atoms with van der Waals surface area (Å²) < 4.78 is 0. The molecule has 1 aliphatic rings. The van der Waals surface area contributed by atoms with E-state index in [1.54, 1.807) is 4.90 Å². The van der Waals surface area contributed by atoms with Crippen molar-refractivity contribution in [1.29, 1.82) is 0 Å². The molecule has 0 aromatic carbocycles. The first-order chi connectivity index (χ1) is 6.74. The van der Waals surface area contributed by atoms with Gasteiger partial charge in [0.25, 0.3) is 0 Å². The quantitative estimate of drug-likeness (QED) is 0.366. The first-order valence-electron chi connectivity index (χ1n) is 4.71. The van der Waals surface area contributed by atoms with Gasteiger partial charge in [-0.2, -0.15) is 0 Å². The molecule has 0 unspecified atom stereocenters. The fraction of sp³-hybridized carbons (Fsp3) is 0.875. The third kappa shape index (κ3) is 3.24. The van der Waals surface area contributed by atoms with Crippen molar-refractivity contribution in [2.24, 2.45) is 5.11 Å². The molecule has 6 nitrogen and oxygen atoms in total. The number of hydrogen-bond acceptors (Lipinski definition) is 3. The average molecular weight is 197 g/mol. The van der Waals surface area contributed by atoms with Crippen LogP contribution >= 0.6 is 0 Å². The third-order valence-corrected chi connectivity index (χ3v) is 2.34. The minimum atomic E-state index is -0.0712. The van der Waals surface area contributed by atoms with E-state index in [1.165, 1.54) is 0 Å². The summed E-state index contributed by atoms with van der Waals surface area (Å²) in [7, 11) is 2.04. The fourth-order valence-corrected chi connectivity index (χ4v) is 1.49. The highest BCUT2D eigenvalue weighted by molar-refractivity contribution is 5.78. The van der Waals surface area contributed by atoms with Crippen molar-refractivity contribution in [3.8, 4) is 0 Å². The van der Waals surface area contributed by atoms with Crippen LogP contribution in [0.15, 0.2) is 5.11 Å². The van der Waals surface area contributed by atoms with Crippen molar-refractivity contribution in [3.05, 3.63) is 10.4 Å². The van der Waals surface area contributed by atoms with Crippen LogP contribution < -0.4 is 0 Å². The fourth-order valence-electron chi connectivity index (χ4n) is 1.49. The standard InChI is InChI=1S/C8H15N5O/c1-12-3-2-4-13(6-5-12)8(14)7-10-11-9/h2-7H2,1H3. The highest BCUT2D eigenvalue weighted by Gasteiger charge is 2.15. The summed E-state index contributed by atoms with van der Waals surface area (Å²) >= 11 is 0. The lowest BCUT2D eigenvalue weighted by Crippen LogP contribution is -2.35. The molecule has 78 valence electrons. The summed E-state index contributed by atoms with van der Waals surface area (Å²) in [6, 6.07) is 0. The molecule has 0 N–H and O–H groups in total. The van der Waals surface area contributed by atoms with Gasteiger partial charge in [0.15, 0.2) is 0 Å². The molecule has 0 spiro atoms. The number of nitrogens with zero attached hydrogens (tertiary/aromatic N) is 5. The van der Waals surface area contributed by atoms with Gasteiger partial charge in [0.2, 0.25) is 5.91 Å². The van der Waals surface area contributed by atoms with Gasteiger partial charge in [0, 0.05) is 24.5 Å². The lowest BCUT2D eigenvalue weighted by molar-refractivity contribution is -0.129. The molecule has 1 heterocycles. The third-order valence-electron chi connectivity index (χ3n) is 2.34. The molecule has 1 amide bonds. The van der Waals surface area contributed by atoms with Crippen LogP contribution in [0, 0.1) is 0 Å². The summed E-state index contributed by atoms with van der Waals surface area (Å²) in [5.74, 6) is -0.0712. The summed E-state index contributed by atoms with van der Waals surface area (Å²) in [5.41, 5.74) is 8.09. The molecule has 1 fully saturated rings. The molecule has 1 saturated heterocycles. The molecule has 0 aliphatic carbocycles. The number of likely N-dealkylation sites (N-methyl/N-ethyl adjacent to an activating group) is 1. The Morgan fingerprint density at radius 3 is 2.93 bits per heavy atom. The Labute approximate surface area is 83.1 Å². The van der Waals surface area contributed by atoms with Crippen LogP contribution in [0.5, 0.6) is 0 Å². The Bertz CT molecular complexity index is 248. The normalized spacial score (nSPS) is 18.5. The van der Waals surface area contributed by atoms with E-state index < -0.39 is 0 Å². The van der Waals surface area contributed by atoms with Gasteiger partial charge in [-0.25, -0.2) is 0 Å². The molecular weight excluding hydrogens is 182 g/mol. The zero-order valence-electron chi connectivity index (χ0n) is 8.39. The Morgan fingerprint density at radius 2 is 2.21 bits per heavy atom. The van der Waals surface area contributed by atoms with Crippen LogP contribution in [0.1, 0.15) is 6.42 Å². The van der Waals surface area contributed by atoms with Gasteiger partial charge in [-0.15, -0.1) is 0 Å². The number of hydrogen-bond donors (Lipinski definition) is 0. The van der Waals surface area contributed by atoms with Crippen LogP contribution in [-0.2, 0) is 4.79 Å². The Morgan fingerprint density at radius 1 is 1.43 bits per heavy atom. The molecule has 0 aromatic rings. The van der Waals surface area contributed by atoms with Crippen molar-refractivity contribution >= 4 is 5.91 Å². The summed E-state index contributed by atoms with van der Waals surface area (Å²) in [6.45, 7) is 3.36. The van der Waals surface area contributed by atoms with Gasteiger partial charge in [0.1, 0.15) is 6.54 Å². The number of carbonyl (C=O) groups excluding carboxylic acids is 1. The molecule has 0 atom stereocenters. The maximum Gasteiger partial charge on any atom is 0.228 e. The molecule has 1 rings (SSSR count). The van der Waals surface area contributed by atoms with Crippen molar-refractivity contribution in [2.75, 3.05) is 39.8 Å². The first-order valence-corrected chi connectivity index (χ1v) is 4.71. The van der Waals surface area contributed by atoms with E-state index in [9.17, 15) is 4.79 Å². The zero-order valence-corrected chi connectivity index (χ0v) is 8.39. The molecule has 0 saturated carbocycles. The van der Waals surface area contributed by atoms with Crippen LogP contribution in [0.3, 0.4) is 0 Å². The van der Waals surface area contributed by atoms with Crippen LogP contribution in [0.25, 0.3) is 10.4 Å². The highest BCUT2D eigenvalue weighted by atomic mass is 16.2. The molecule has 1 aliphatic heterocycles. The molecule has 0 bridgehead atoms.